The molecule has 0 spiro atoms. The summed E-state index contributed by atoms with van der Waals surface area (Å²) in [7, 11) is 1.53. The second kappa shape index (κ2) is 5.70. The first kappa shape index (κ1) is 11.1. The molecule has 0 N–H and O–H groups in total. The summed E-state index contributed by atoms with van der Waals surface area (Å²) in [4.78, 5) is 0. The van der Waals surface area contributed by atoms with E-state index in [2.05, 4.69) is 12.6 Å². The van der Waals surface area contributed by atoms with E-state index < -0.39 is 0 Å². The number of rotatable bonds is 4. The Balaban J connectivity index is 2.93. The molecule has 0 aromatic heterocycles. The van der Waals surface area contributed by atoms with Crippen molar-refractivity contribution in [2.75, 3.05) is 12.9 Å². The number of thiol groups is 1. The fraction of sp³-hybridized carbons (Fsp3) is 0.273. The Morgan fingerprint density at radius 1 is 1.50 bits per heavy atom. The molecule has 1 rings (SSSR count). The van der Waals surface area contributed by atoms with E-state index in [4.69, 9.17) is 4.74 Å². The topological polar surface area (TPSA) is 9.23 Å². The van der Waals surface area contributed by atoms with Crippen molar-refractivity contribution in [1.82, 2.24) is 0 Å². The van der Waals surface area contributed by atoms with Crippen molar-refractivity contribution in [1.29, 1.82) is 0 Å². The average molecular weight is 212 g/mol. The fourth-order valence-electron chi connectivity index (χ4n) is 1.13. The molecule has 0 heterocycles. The number of hydrogen-bond donors (Lipinski definition) is 1. The van der Waals surface area contributed by atoms with Crippen molar-refractivity contribution in [3.05, 3.63) is 35.7 Å². The van der Waals surface area contributed by atoms with Gasteiger partial charge < -0.3 is 4.74 Å². The summed E-state index contributed by atoms with van der Waals surface area (Å²) in [6, 6.07) is 4.79. The summed E-state index contributed by atoms with van der Waals surface area (Å²) in [5.41, 5.74) is 0.497. The minimum atomic E-state index is -0.264. The zero-order chi connectivity index (χ0) is 10.4. The molecule has 0 aliphatic rings. The van der Waals surface area contributed by atoms with Crippen LogP contribution in [0.5, 0.6) is 5.75 Å². The van der Waals surface area contributed by atoms with Crippen LogP contribution in [0.4, 0.5) is 4.39 Å². The second-order valence-electron chi connectivity index (χ2n) is 2.77. The lowest BCUT2D eigenvalue weighted by atomic mass is 10.1. The molecule has 0 aliphatic heterocycles. The van der Waals surface area contributed by atoms with Gasteiger partial charge in [0.1, 0.15) is 11.6 Å². The summed E-state index contributed by atoms with van der Waals surface area (Å²) in [6.45, 7) is 0. The SMILES string of the molecule is COc1cccc(F)c1C=CCCS. The summed E-state index contributed by atoms with van der Waals surface area (Å²) < 4.78 is 18.4. The third kappa shape index (κ3) is 2.77. The van der Waals surface area contributed by atoms with Gasteiger partial charge in [-0.3, -0.25) is 0 Å². The fourth-order valence-corrected chi connectivity index (χ4v) is 1.28. The van der Waals surface area contributed by atoms with Gasteiger partial charge in [0.15, 0.2) is 0 Å². The zero-order valence-electron chi connectivity index (χ0n) is 8.03. The molecule has 0 unspecified atom stereocenters. The molecule has 3 heteroatoms. The molecule has 76 valence electrons. The molecular formula is C11H13FOS. The molecule has 0 saturated heterocycles. The van der Waals surface area contributed by atoms with Crippen LogP contribution in [0.25, 0.3) is 6.08 Å². The van der Waals surface area contributed by atoms with Crippen molar-refractivity contribution < 1.29 is 9.13 Å². The predicted octanol–water partition coefficient (Wildman–Crippen LogP) is 3.17. The van der Waals surface area contributed by atoms with Gasteiger partial charge in [-0.1, -0.05) is 18.2 Å². The first-order valence-corrected chi connectivity index (χ1v) is 5.02. The van der Waals surface area contributed by atoms with Crippen LogP contribution in [0.3, 0.4) is 0 Å². The summed E-state index contributed by atoms with van der Waals surface area (Å²) in [5, 5.41) is 0. The van der Waals surface area contributed by atoms with Crippen molar-refractivity contribution in [3.63, 3.8) is 0 Å². The number of hydrogen-bond acceptors (Lipinski definition) is 2. The van der Waals surface area contributed by atoms with Gasteiger partial charge in [0, 0.05) is 0 Å². The molecule has 0 fully saturated rings. The first-order chi connectivity index (χ1) is 6.79. The van der Waals surface area contributed by atoms with Crippen molar-refractivity contribution >= 4 is 18.7 Å². The Kier molecular flexibility index (Phi) is 4.53. The Bertz CT molecular complexity index is 323. The van der Waals surface area contributed by atoms with Gasteiger partial charge in [0.25, 0.3) is 0 Å². The number of benzene rings is 1. The van der Waals surface area contributed by atoms with E-state index in [1.54, 1.807) is 18.2 Å². The quantitative estimate of drug-likeness (QED) is 0.754. The minimum absolute atomic E-state index is 0.264. The van der Waals surface area contributed by atoms with Crippen LogP contribution < -0.4 is 4.74 Å². The Morgan fingerprint density at radius 3 is 2.93 bits per heavy atom. The van der Waals surface area contributed by atoms with E-state index in [1.165, 1.54) is 13.2 Å². The Morgan fingerprint density at radius 2 is 2.29 bits per heavy atom. The summed E-state index contributed by atoms with van der Waals surface area (Å²) in [5.74, 6) is 1.05. The summed E-state index contributed by atoms with van der Waals surface area (Å²) in [6.07, 6.45) is 4.43. The lowest BCUT2D eigenvalue weighted by Crippen LogP contribution is -1.90. The van der Waals surface area contributed by atoms with Crippen molar-refractivity contribution in [3.8, 4) is 5.75 Å². The number of methoxy groups -OCH3 is 1. The van der Waals surface area contributed by atoms with E-state index in [0.29, 0.717) is 11.3 Å². The number of halogens is 1. The molecule has 14 heavy (non-hydrogen) atoms. The van der Waals surface area contributed by atoms with Gasteiger partial charge in [-0.15, -0.1) is 0 Å². The lowest BCUT2D eigenvalue weighted by Gasteiger charge is -2.04. The smallest absolute Gasteiger partial charge is 0.134 e. The Hall–Kier alpha value is -0.960. The molecule has 0 amide bonds. The van der Waals surface area contributed by atoms with Gasteiger partial charge in [-0.2, -0.15) is 12.6 Å². The molecule has 0 radical (unpaired) electrons. The first-order valence-electron chi connectivity index (χ1n) is 4.39. The average Bonchev–Trinajstić information content (AvgIpc) is 2.20. The number of allylic oxidation sites excluding steroid dienone is 1. The third-order valence-electron chi connectivity index (χ3n) is 1.81. The highest BCUT2D eigenvalue weighted by Crippen LogP contribution is 2.22. The van der Waals surface area contributed by atoms with Gasteiger partial charge in [0.05, 0.1) is 12.7 Å². The standard InChI is InChI=1S/C11H13FOS/c1-13-11-7-4-6-10(12)9(11)5-2-3-8-14/h2,4-7,14H,3,8H2,1H3. The van der Waals surface area contributed by atoms with Crippen LogP contribution in [-0.2, 0) is 0 Å². The largest absolute Gasteiger partial charge is 0.496 e. The third-order valence-corrected chi connectivity index (χ3v) is 2.07. The second-order valence-corrected chi connectivity index (χ2v) is 3.22. The number of ether oxygens (including phenoxy) is 1. The highest BCUT2D eigenvalue weighted by Gasteiger charge is 2.04. The molecule has 0 atom stereocenters. The Labute approximate surface area is 89.0 Å². The summed E-state index contributed by atoms with van der Waals surface area (Å²) >= 11 is 4.07. The van der Waals surface area contributed by atoms with Crippen LogP contribution in [0.2, 0.25) is 0 Å². The molecule has 1 nitrogen and oxygen atoms in total. The maximum Gasteiger partial charge on any atom is 0.134 e. The van der Waals surface area contributed by atoms with E-state index >= 15 is 0 Å². The molecule has 0 bridgehead atoms. The highest BCUT2D eigenvalue weighted by molar-refractivity contribution is 7.80. The van der Waals surface area contributed by atoms with Gasteiger partial charge >= 0.3 is 0 Å². The van der Waals surface area contributed by atoms with Crippen molar-refractivity contribution in [2.24, 2.45) is 0 Å². The van der Waals surface area contributed by atoms with E-state index in [1.807, 2.05) is 6.08 Å². The monoisotopic (exact) mass is 212 g/mol. The highest BCUT2D eigenvalue weighted by atomic mass is 32.1. The van der Waals surface area contributed by atoms with Crippen molar-refractivity contribution in [2.45, 2.75) is 6.42 Å². The van der Waals surface area contributed by atoms with Crippen LogP contribution in [0.15, 0.2) is 24.3 Å². The predicted molar refractivity (Wildman–Crippen MR) is 60.5 cm³/mol. The van der Waals surface area contributed by atoms with E-state index in [-0.39, 0.29) is 5.82 Å². The molecular weight excluding hydrogens is 199 g/mol. The lowest BCUT2D eigenvalue weighted by molar-refractivity contribution is 0.410. The normalized spacial score (nSPS) is 10.8. The van der Waals surface area contributed by atoms with Gasteiger partial charge in [0.2, 0.25) is 0 Å². The van der Waals surface area contributed by atoms with Crippen LogP contribution >= 0.6 is 12.6 Å². The molecule has 0 saturated carbocycles. The molecule has 1 aromatic carbocycles. The zero-order valence-corrected chi connectivity index (χ0v) is 8.93. The van der Waals surface area contributed by atoms with Crippen LogP contribution in [0, 0.1) is 5.82 Å². The van der Waals surface area contributed by atoms with Crippen LogP contribution in [-0.4, -0.2) is 12.9 Å². The molecule has 1 aromatic rings. The minimum Gasteiger partial charge on any atom is -0.496 e. The maximum absolute atomic E-state index is 13.3. The van der Waals surface area contributed by atoms with Gasteiger partial charge in [-0.05, 0) is 24.3 Å². The van der Waals surface area contributed by atoms with Gasteiger partial charge in [-0.25, -0.2) is 4.39 Å². The molecule has 0 aliphatic carbocycles. The maximum atomic E-state index is 13.3. The van der Waals surface area contributed by atoms with Crippen LogP contribution in [0.1, 0.15) is 12.0 Å². The van der Waals surface area contributed by atoms with E-state index in [0.717, 1.165) is 12.2 Å². The van der Waals surface area contributed by atoms with E-state index in [9.17, 15) is 4.39 Å².